The van der Waals surface area contributed by atoms with Gasteiger partial charge in [-0.2, -0.15) is 0 Å². The topological polar surface area (TPSA) is 0 Å². The second-order valence-electron chi connectivity index (χ2n) is 2.71. The molecule has 0 aliphatic carbocycles. The molecule has 54 valence electrons. The summed E-state index contributed by atoms with van der Waals surface area (Å²) < 4.78 is 1.39. The number of halogens is 1. The monoisotopic (exact) mass is 246 g/mol. The van der Waals surface area contributed by atoms with Gasteiger partial charge in [-0.3, -0.25) is 0 Å². The Morgan fingerprint density at radius 2 is 1.40 bits per heavy atom. The normalized spacial score (nSPS) is 10.0. The van der Waals surface area contributed by atoms with E-state index in [1.54, 1.807) is 0 Å². The van der Waals surface area contributed by atoms with Crippen LogP contribution in [0.25, 0.3) is 0 Å². The molecule has 0 radical (unpaired) electrons. The largest absolute Gasteiger partial charge is 0.0553 e. The van der Waals surface area contributed by atoms with Crippen LogP contribution in [0.2, 0.25) is 0 Å². The summed E-state index contributed by atoms with van der Waals surface area (Å²) in [4.78, 5) is 0. The van der Waals surface area contributed by atoms with E-state index in [0.717, 1.165) is 0 Å². The summed E-state index contributed by atoms with van der Waals surface area (Å²) in [5, 5.41) is 0. The molecule has 0 aliphatic rings. The van der Waals surface area contributed by atoms with Gasteiger partial charge in [0.2, 0.25) is 0 Å². The molecule has 1 aromatic carbocycles. The van der Waals surface area contributed by atoms with Gasteiger partial charge in [-0.1, -0.05) is 17.7 Å². The first-order valence-electron chi connectivity index (χ1n) is 3.34. The van der Waals surface area contributed by atoms with Crippen LogP contribution < -0.4 is 0 Å². The van der Waals surface area contributed by atoms with E-state index in [4.69, 9.17) is 0 Å². The van der Waals surface area contributed by atoms with Crippen LogP contribution in [0.15, 0.2) is 12.1 Å². The molecule has 1 aromatic rings. The van der Waals surface area contributed by atoms with Gasteiger partial charge < -0.3 is 0 Å². The molecule has 10 heavy (non-hydrogen) atoms. The lowest BCUT2D eigenvalue weighted by molar-refractivity contribution is 1.29. The van der Waals surface area contributed by atoms with Crippen molar-refractivity contribution in [3.05, 3.63) is 32.4 Å². The summed E-state index contributed by atoms with van der Waals surface area (Å²) >= 11 is 2.39. The van der Waals surface area contributed by atoms with Crippen molar-refractivity contribution in [2.45, 2.75) is 20.8 Å². The summed E-state index contributed by atoms with van der Waals surface area (Å²) in [6.07, 6.45) is 0. The van der Waals surface area contributed by atoms with E-state index in [1.165, 1.54) is 20.3 Å². The lowest BCUT2D eigenvalue weighted by atomic mass is 10.1. The molecule has 0 heterocycles. The zero-order chi connectivity index (χ0) is 7.72. The van der Waals surface area contributed by atoms with Gasteiger partial charge in [0.1, 0.15) is 0 Å². The molecule has 1 heteroatoms. The van der Waals surface area contributed by atoms with Gasteiger partial charge in [-0.05, 0) is 54.5 Å². The molecule has 0 nitrogen and oxygen atoms in total. The van der Waals surface area contributed by atoms with Gasteiger partial charge in [0.05, 0.1) is 0 Å². The fourth-order valence-corrected chi connectivity index (χ4v) is 1.47. The maximum Gasteiger partial charge on any atom is 0.0188 e. The molecule has 0 saturated heterocycles. The molecule has 0 aliphatic heterocycles. The minimum Gasteiger partial charge on any atom is -0.0553 e. The van der Waals surface area contributed by atoms with E-state index in [1.807, 2.05) is 0 Å². The second kappa shape index (κ2) is 2.91. The Labute approximate surface area is 75.8 Å². The molecule has 0 atom stereocenters. The van der Waals surface area contributed by atoms with E-state index in [0.29, 0.717) is 0 Å². The summed E-state index contributed by atoms with van der Waals surface area (Å²) in [6.45, 7) is 6.44. The van der Waals surface area contributed by atoms with Crippen molar-refractivity contribution < 1.29 is 0 Å². The zero-order valence-electron chi connectivity index (χ0n) is 6.53. The average molecular weight is 246 g/mol. The molecular formula is C9H11I. The Balaban J connectivity index is 3.31. The highest BCUT2D eigenvalue weighted by atomic mass is 127. The van der Waals surface area contributed by atoms with E-state index in [2.05, 4.69) is 55.5 Å². The van der Waals surface area contributed by atoms with Crippen LogP contribution in [0.4, 0.5) is 0 Å². The van der Waals surface area contributed by atoms with Crippen LogP contribution in [-0.4, -0.2) is 0 Å². The van der Waals surface area contributed by atoms with Gasteiger partial charge in [0.15, 0.2) is 0 Å². The van der Waals surface area contributed by atoms with Crippen molar-refractivity contribution in [2.75, 3.05) is 0 Å². The highest BCUT2D eigenvalue weighted by Gasteiger charge is 1.97. The maximum absolute atomic E-state index is 2.39. The summed E-state index contributed by atoms with van der Waals surface area (Å²) in [5.74, 6) is 0. The molecule has 1 rings (SSSR count). The Hall–Kier alpha value is -0.0500. The van der Waals surface area contributed by atoms with E-state index in [-0.39, 0.29) is 0 Å². The molecule has 0 spiro atoms. The van der Waals surface area contributed by atoms with E-state index in [9.17, 15) is 0 Å². The smallest absolute Gasteiger partial charge is 0.0188 e. The second-order valence-corrected chi connectivity index (χ2v) is 3.79. The third-order valence-electron chi connectivity index (χ3n) is 1.58. The number of hydrogen-bond acceptors (Lipinski definition) is 0. The quantitative estimate of drug-likeness (QED) is 0.616. The molecule has 0 saturated carbocycles. The minimum absolute atomic E-state index is 1.36. The predicted octanol–water partition coefficient (Wildman–Crippen LogP) is 3.22. The fraction of sp³-hybridized carbons (Fsp3) is 0.333. The molecule has 0 unspecified atom stereocenters. The van der Waals surface area contributed by atoms with Crippen LogP contribution in [0.5, 0.6) is 0 Å². The summed E-state index contributed by atoms with van der Waals surface area (Å²) in [7, 11) is 0. The SMILES string of the molecule is Cc1cc(C)c(I)c(C)c1. The average Bonchev–Trinajstić information content (AvgIpc) is 1.82. The van der Waals surface area contributed by atoms with E-state index >= 15 is 0 Å². The third-order valence-corrected chi connectivity index (χ3v) is 3.28. The first kappa shape index (κ1) is 8.05. The van der Waals surface area contributed by atoms with Crippen molar-refractivity contribution in [1.82, 2.24) is 0 Å². The van der Waals surface area contributed by atoms with Crippen molar-refractivity contribution >= 4 is 22.6 Å². The standard InChI is InChI=1S/C9H11I/c1-6-4-7(2)9(10)8(3)5-6/h4-5H,1-3H3. The number of hydrogen-bond donors (Lipinski definition) is 0. The summed E-state index contributed by atoms with van der Waals surface area (Å²) in [6, 6.07) is 4.43. The Morgan fingerprint density at radius 3 is 1.80 bits per heavy atom. The molecule has 0 N–H and O–H groups in total. The predicted molar refractivity (Wildman–Crippen MR) is 53.4 cm³/mol. The lowest BCUT2D eigenvalue weighted by Crippen LogP contribution is -1.86. The van der Waals surface area contributed by atoms with Crippen molar-refractivity contribution in [3.8, 4) is 0 Å². The first-order valence-corrected chi connectivity index (χ1v) is 4.42. The molecule has 0 bridgehead atoms. The van der Waals surface area contributed by atoms with Crippen LogP contribution >= 0.6 is 22.6 Å². The van der Waals surface area contributed by atoms with Crippen LogP contribution in [0.1, 0.15) is 16.7 Å². The number of benzene rings is 1. The Bertz CT molecular complexity index is 228. The first-order chi connectivity index (χ1) is 4.61. The number of aryl methyl sites for hydroxylation is 3. The molecule has 0 fully saturated rings. The maximum atomic E-state index is 2.39. The lowest BCUT2D eigenvalue weighted by Gasteiger charge is -2.03. The Kier molecular flexibility index (Phi) is 2.34. The van der Waals surface area contributed by atoms with E-state index < -0.39 is 0 Å². The van der Waals surface area contributed by atoms with Gasteiger partial charge in [0, 0.05) is 3.57 Å². The third kappa shape index (κ3) is 1.51. The zero-order valence-corrected chi connectivity index (χ0v) is 8.69. The highest BCUT2D eigenvalue weighted by molar-refractivity contribution is 14.1. The van der Waals surface area contributed by atoms with Crippen LogP contribution in [0, 0.1) is 24.3 Å². The van der Waals surface area contributed by atoms with Crippen LogP contribution in [0.3, 0.4) is 0 Å². The number of rotatable bonds is 0. The highest BCUT2D eigenvalue weighted by Crippen LogP contribution is 2.17. The fourth-order valence-electron chi connectivity index (χ4n) is 1.16. The van der Waals surface area contributed by atoms with Gasteiger partial charge in [-0.25, -0.2) is 0 Å². The minimum atomic E-state index is 1.36. The van der Waals surface area contributed by atoms with Crippen molar-refractivity contribution in [3.63, 3.8) is 0 Å². The molecule has 0 aromatic heterocycles. The van der Waals surface area contributed by atoms with Gasteiger partial charge in [0.25, 0.3) is 0 Å². The van der Waals surface area contributed by atoms with Crippen molar-refractivity contribution in [2.24, 2.45) is 0 Å². The Morgan fingerprint density at radius 1 is 1.00 bits per heavy atom. The van der Waals surface area contributed by atoms with Crippen molar-refractivity contribution in [1.29, 1.82) is 0 Å². The summed E-state index contributed by atoms with van der Waals surface area (Å²) in [5.41, 5.74) is 4.13. The van der Waals surface area contributed by atoms with Gasteiger partial charge in [-0.15, -0.1) is 0 Å². The molecule has 0 amide bonds. The van der Waals surface area contributed by atoms with Crippen LogP contribution in [-0.2, 0) is 0 Å². The van der Waals surface area contributed by atoms with Gasteiger partial charge >= 0.3 is 0 Å². The molecular weight excluding hydrogens is 235 g/mol.